The number of fused-ring (bicyclic) bond motifs is 6. The first-order valence-electron chi connectivity index (χ1n) is 23.2. The van der Waals surface area contributed by atoms with Crippen molar-refractivity contribution in [3.63, 3.8) is 0 Å². The van der Waals surface area contributed by atoms with Crippen molar-refractivity contribution < 1.29 is 29.1 Å². The van der Waals surface area contributed by atoms with Gasteiger partial charge in [-0.25, -0.2) is 0 Å². The summed E-state index contributed by atoms with van der Waals surface area (Å²) in [6.45, 7) is 0. The number of rotatable bonds is 5. The van der Waals surface area contributed by atoms with Crippen LogP contribution in [0.3, 0.4) is 0 Å². The molecule has 0 saturated heterocycles. The van der Waals surface area contributed by atoms with Crippen LogP contribution in [0.1, 0.15) is 24.7 Å². The molecule has 216 valence electrons. The van der Waals surface area contributed by atoms with E-state index in [1.807, 2.05) is 0 Å². The number of nitrogens with zero attached hydrogens (tertiary/aromatic N) is 1. The van der Waals surface area contributed by atoms with Crippen molar-refractivity contribution in [2.75, 3.05) is 4.90 Å². The van der Waals surface area contributed by atoms with Crippen LogP contribution < -0.4 is 4.90 Å². The van der Waals surface area contributed by atoms with Gasteiger partial charge in [-0.15, -0.1) is 0 Å². The van der Waals surface area contributed by atoms with Gasteiger partial charge in [0.2, 0.25) is 0 Å². The lowest BCUT2D eigenvalue weighted by molar-refractivity contribution is 0.669. The van der Waals surface area contributed by atoms with Crippen LogP contribution in [0, 0.1) is 0 Å². The second kappa shape index (κ2) is 10.8. The van der Waals surface area contributed by atoms with Gasteiger partial charge in [-0.2, -0.15) is 0 Å². The van der Waals surface area contributed by atoms with Crippen LogP contribution in [0.4, 0.5) is 17.1 Å². The maximum atomic E-state index is 9.45. The molecule has 9 aromatic rings. The van der Waals surface area contributed by atoms with Gasteiger partial charge in [0.1, 0.15) is 11.2 Å². The van der Waals surface area contributed by atoms with E-state index in [4.69, 9.17) is 22.2 Å². The van der Waals surface area contributed by atoms with Crippen molar-refractivity contribution in [3.05, 3.63) is 175 Å². The summed E-state index contributed by atoms with van der Waals surface area (Å²) in [7, 11) is 0. The Morgan fingerprint density at radius 2 is 1.13 bits per heavy atom. The molecule has 0 aliphatic carbocycles. The molecule has 0 amide bonds. The van der Waals surface area contributed by atoms with Crippen LogP contribution in [0.25, 0.3) is 65.7 Å². The Hall–Kier alpha value is -6.12. The first-order valence-corrected chi connectivity index (χ1v) is 14.2. The summed E-state index contributed by atoms with van der Waals surface area (Å²) in [5, 5.41) is 0.697. The van der Waals surface area contributed by atoms with Gasteiger partial charge < -0.3 is 9.32 Å². The number of hydrogen-bond donors (Lipinski definition) is 0. The van der Waals surface area contributed by atoms with E-state index in [0.717, 1.165) is 17.0 Å². The molecule has 8 aromatic carbocycles. The maximum Gasteiger partial charge on any atom is 0.136 e. The summed E-state index contributed by atoms with van der Waals surface area (Å²) >= 11 is 0. The molecule has 0 radical (unpaired) electrons. The van der Waals surface area contributed by atoms with E-state index in [2.05, 4.69) is 0 Å². The van der Waals surface area contributed by atoms with Crippen molar-refractivity contribution >= 4 is 60.5 Å². The second-order valence-electron chi connectivity index (χ2n) is 10.4. The van der Waals surface area contributed by atoms with Crippen LogP contribution in [-0.2, 0) is 0 Å². The molecule has 2 nitrogen and oxygen atoms in total. The van der Waals surface area contributed by atoms with Crippen LogP contribution >= 0.6 is 0 Å². The van der Waals surface area contributed by atoms with Crippen molar-refractivity contribution in [2.45, 2.75) is 0 Å². The Labute approximate surface area is 292 Å². The Kier molecular flexibility index (Phi) is 3.26. The Balaban J connectivity index is 1.26. The summed E-state index contributed by atoms with van der Waals surface area (Å²) in [6, 6.07) is 8.09. The van der Waals surface area contributed by atoms with Crippen molar-refractivity contribution in [1.29, 1.82) is 0 Å². The van der Waals surface area contributed by atoms with Gasteiger partial charge in [0.15, 0.2) is 0 Å². The molecule has 0 N–H and O–H groups in total. The summed E-state index contributed by atoms with van der Waals surface area (Å²) in [4.78, 5) is 1.08. The van der Waals surface area contributed by atoms with Gasteiger partial charge >= 0.3 is 0 Å². The Morgan fingerprint density at radius 3 is 1.93 bits per heavy atom. The number of para-hydroxylation sites is 2. The van der Waals surface area contributed by atoms with Gasteiger partial charge in [0, 0.05) is 27.8 Å². The minimum Gasteiger partial charge on any atom is -0.456 e. The van der Waals surface area contributed by atoms with Gasteiger partial charge in [-0.05, 0) is 104 Å². The molecule has 0 atom stereocenters. The van der Waals surface area contributed by atoms with Crippen molar-refractivity contribution in [3.8, 4) is 22.3 Å². The summed E-state index contributed by atoms with van der Waals surface area (Å²) < 4.78 is 163. The number of anilines is 3. The third kappa shape index (κ3) is 4.51. The summed E-state index contributed by atoms with van der Waals surface area (Å²) in [5.74, 6) is 0. The normalized spacial score (nSPS) is 17.0. The Morgan fingerprint density at radius 1 is 0.435 bits per heavy atom. The minimum absolute atomic E-state index is 0.0284. The number of furan rings is 1. The van der Waals surface area contributed by atoms with E-state index >= 15 is 0 Å². The third-order valence-electron chi connectivity index (χ3n) is 7.64. The highest BCUT2D eigenvalue weighted by molar-refractivity contribution is 6.19. The first-order chi connectivity index (χ1) is 30.2. The zero-order chi connectivity index (χ0) is 46.1. The quantitative estimate of drug-likeness (QED) is 0.194. The average molecular weight is 606 g/mol. The van der Waals surface area contributed by atoms with Crippen LogP contribution in [0.5, 0.6) is 0 Å². The maximum absolute atomic E-state index is 9.45. The molecule has 0 aliphatic heterocycles. The minimum atomic E-state index is -0.416. The molecule has 1 heterocycles. The molecule has 0 saturated carbocycles. The predicted octanol–water partition coefficient (Wildman–Crippen LogP) is 12.7. The molecule has 1 aromatic heterocycles. The predicted molar refractivity (Wildman–Crippen MR) is 194 cm³/mol. The monoisotopic (exact) mass is 605 g/mol. The first kappa shape index (κ1) is 13.9. The molecule has 0 spiro atoms. The van der Waals surface area contributed by atoms with E-state index in [1.54, 1.807) is 0 Å². The lowest BCUT2D eigenvalue weighted by Gasteiger charge is -2.26. The van der Waals surface area contributed by atoms with Crippen LogP contribution in [-0.4, -0.2) is 0 Å². The lowest BCUT2D eigenvalue weighted by atomic mass is 9.98. The molecule has 2 heteroatoms. The van der Waals surface area contributed by atoms with Crippen molar-refractivity contribution in [1.82, 2.24) is 0 Å². The number of benzene rings is 8. The topological polar surface area (TPSA) is 16.4 Å². The van der Waals surface area contributed by atoms with Gasteiger partial charge in [0.25, 0.3) is 0 Å². The van der Waals surface area contributed by atoms with Crippen LogP contribution in [0.2, 0.25) is 0 Å². The zero-order valence-electron chi connectivity index (χ0n) is 41.7. The van der Waals surface area contributed by atoms with E-state index in [0.29, 0.717) is 0 Å². The fraction of sp³-hybridized carbons (Fsp3) is 0. The molecule has 46 heavy (non-hydrogen) atoms. The van der Waals surface area contributed by atoms with Gasteiger partial charge in [0.05, 0.1) is 24.7 Å². The van der Waals surface area contributed by atoms with Gasteiger partial charge in [-0.1, -0.05) is 115 Å². The smallest absolute Gasteiger partial charge is 0.136 e. The van der Waals surface area contributed by atoms with Crippen LogP contribution in [0.15, 0.2) is 180 Å². The van der Waals surface area contributed by atoms with E-state index in [-0.39, 0.29) is 149 Å². The largest absolute Gasteiger partial charge is 0.456 e. The molecule has 0 unspecified atom stereocenters. The lowest BCUT2D eigenvalue weighted by Crippen LogP contribution is -2.09. The summed E-state index contributed by atoms with van der Waals surface area (Å²) in [5.41, 5.74) is -0.433. The van der Waals surface area contributed by atoms with Gasteiger partial charge in [-0.3, -0.25) is 0 Å². The zero-order valence-corrected chi connectivity index (χ0v) is 23.7. The molecular weight excluding hydrogens is 558 g/mol. The molecule has 0 fully saturated rings. The molecule has 0 bridgehead atoms. The summed E-state index contributed by atoms with van der Waals surface area (Å²) in [6.07, 6.45) is 0. The molecule has 0 aliphatic rings. The highest BCUT2D eigenvalue weighted by atomic mass is 16.3. The Bertz CT molecular complexity index is 3500. The third-order valence-corrected chi connectivity index (χ3v) is 7.64. The van der Waals surface area contributed by atoms with Crippen molar-refractivity contribution in [2.24, 2.45) is 0 Å². The molecular formula is C44H29NO. The highest BCUT2D eigenvalue weighted by Crippen LogP contribution is 2.39. The molecule has 9 rings (SSSR count). The fourth-order valence-electron chi connectivity index (χ4n) is 5.42. The standard InChI is InChI=1S/C44H29NO/c1-2-10-37(11-3-1)45(38-23-18-31(19-24-38)35-16-14-30-8-4-5-9-34(30)28-35)39-25-20-32(21-26-39)36-17-15-33-22-27-43-44(41(33)29-36)40-12-6-7-13-42(40)46-43/h1-29H/i1D,4D,5D,6D,7D,9D,10D,11D,12D,14D,16D,22D,23D,24D,25D,26D,27D,29D. The average Bonchev–Trinajstić information content (AvgIpc) is 3.60. The van der Waals surface area contributed by atoms with E-state index in [9.17, 15) is 6.85 Å². The SMILES string of the molecule is [2H]c1cc([2H])c(N(c2c([2H])cc(-c3cc4c([2H])c([2H])c([2H])cc4c([2H])c3[2H])cc2[2H])c2c([2H])cc(-c3ccc4c([2H])c([2H])c5oc6cc([2H])c([2H])c([2H])c6c5c4c3[2H])cc2[2H])c([2H])c1. The van der Waals surface area contributed by atoms with E-state index in [1.165, 1.54) is 54.6 Å². The fourth-order valence-corrected chi connectivity index (χ4v) is 5.42. The number of hydrogen-bond acceptors (Lipinski definition) is 2. The highest BCUT2D eigenvalue weighted by Gasteiger charge is 2.14. The van der Waals surface area contributed by atoms with E-state index < -0.39 is 42.3 Å². The second-order valence-corrected chi connectivity index (χ2v) is 10.4.